The fraction of sp³-hybridized carbons (Fsp3) is 0.235. The maximum Gasteiger partial charge on any atom is 0.0991 e. The van der Waals surface area contributed by atoms with Crippen molar-refractivity contribution < 1.29 is 0 Å². The van der Waals surface area contributed by atoms with Gasteiger partial charge in [-0.1, -0.05) is 37.1 Å². The molecule has 2 aromatic rings. The fourth-order valence-corrected chi connectivity index (χ4v) is 2.35. The van der Waals surface area contributed by atoms with Gasteiger partial charge in [0.15, 0.2) is 0 Å². The Hall–Kier alpha value is -1.78. The number of hydrogen-bond donors (Lipinski definition) is 0. The number of aryl methyl sites for hydroxylation is 2. The van der Waals surface area contributed by atoms with Gasteiger partial charge in [0.25, 0.3) is 0 Å². The fourth-order valence-electron chi connectivity index (χ4n) is 2.13. The van der Waals surface area contributed by atoms with Gasteiger partial charge < -0.3 is 0 Å². The lowest BCUT2D eigenvalue weighted by molar-refractivity contribution is 0.921. The van der Waals surface area contributed by atoms with Gasteiger partial charge in [0, 0.05) is 10.6 Å². The van der Waals surface area contributed by atoms with Crippen molar-refractivity contribution in [2.24, 2.45) is 0 Å². The molecule has 19 heavy (non-hydrogen) atoms. The van der Waals surface area contributed by atoms with E-state index in [9.17, 15) is 0 Å². The lowest BCUT2D eigenvalue weighted by Crippen LogP contribution is -1.90. The van der Waals surface area contributed by atoms with Gasteiger partial charge in [-0.25, -0.2) is 0 Å². The van der Waals surface area contributed by atoms with E-state index < -0.39 is 0 Å². The van der Waals surface area contributed by atoms with Crippen LogP contribution in [0.15, 0.2) is 30.3 Å². The molecule has 0 bridgehead atoms. The number of benzene rings is 2. The molecule has 0 atom stereocenters. The van der Waals surface area contributed by atoms with Crippen LogP contribution >= 0.6 is 11.6 Å². The maximum absolute atomic E-state index is 9.01. The molecule has 1 nitrogen and oxygen atoms in total. The van der Waals surface area contributed by atoms with Crippen LogP contribution in [0.1, 0.15) is 30.0 Å². The van der Waals surface area contributed by atoms with Gasteiger partial charge in [-0.2, -0.15) is 5.26 Å². The summed E-state index contributed by atoms with van der Waals surface area (Å²) in [5.41, 5.74) is 4.90. The molecule has 0 saturated heterocycles. The highest BCUT2D eigenvalue weighted by molar-refractivity contribution is 6.33. The van der Waals surface area contributed by atoms with Crippen LogP contribution < -0.4 is 0 Å². The summed E-state index contributed by atoms with van der Waals surface area (Å²) in [6.45, 7) is 4.17. The van der Waals surface area contributed by atoms with Crippen LogP contribution in [0.25, 0.3) is 11.1 Å². The van der Waals surface area contributed by atoms with Crippen molar-refractivity contribution in [3.05, 3.63) is 58.1 Å². The molecule has 0 aromatic heterocycles. The summed E-state index contributed by atoms with van der Waals surface area (Å²) in [5.74, 6) is 0. The van der Waals surface area contributed by atoms with E-state index in [1.807, 2.05) is 19.1 Å². The summed E-state index contributed by atoms with van der Waals surface area (Å²) in [6.07, 6.45) is 2.13. The molecule has 2 rings (SSSR count). The van der Waals surface area contributed by atoms with Crippen LogP contribution in [-0.2, 0) is 6.42 Å². The summed E-state index contributed by atoms with van der Waals surface area (Å²) in [5, 5.41) is 9.68. The third-order valence-electron chi connectivity index (χ3n) is 3.13. The average molecular weight is 269 g/mol. The minimum absolute atomic E-state index is 0.625. The minimum Gasteiger partial charge on any atom is -0.192 e. The standard InChI is InChI=1S/C17H15ClN/c1-3-4-13-6-5-12(2)15(9-13)16-10-14(11-19)7-8-17(16)18/h6-10H,3-4H2,1-2H3. The van der Waals surface area contributed by atoms with Crippen LogP contribution in [0, 0.1) is 24.3 Å². The van der Waals surface area contributed by atoms with Crippen LogP contribution in [-0.4, -0.2) is 0 Å². The lowest BCUT2D eigenvalue weighted by atomic mass is 9.95. The Labute approximate surface area is 119 Å². The molecule has 0 heterocycles. The van der Waals surface area contributed by atoms with E-state index in [1.54, 1.807) is 12.1 Å². The molecule has 0 fully saturated rings. The molecule has 0 aliphatic heterocycles. The quantitative estimate of drug-likeness (QED) is 0.773. The summed E-state index contributed by atoms with van der Waals surface area (Å²) < 4.78 is 0. The van der Waals surface area contributed by atoms with Crippen molar-refractivity contribution in [2.45, 2.75) is 26.7 Å². The van der Waals surface area contributed by atoms with Gasteiger partial charge in [0.05, 0.1) is 11.6 Å². The monoisotopic (exact) mass is 268 g/mol. The molecule has 0 aliphatic rings. The Morgan fingerprint density at radius 2 is 2.05 bits per heavy atom. The molecule has 0 unspecified atom stereocenters. The zero-order valence-electron chi connectivity index (χ0n) is 11.1. The number of nitrogens with zero attached hydrogens (tertiary/aromatic N) is 1. The first-order chi connectivity index (χ1) is 9.15. The first kappa shape index (κ1) is 13.6. The third-order valence-corrected chi connectivity index (χ3v) is 3.46. The highest BCUT2D eigenvalue weighted by Crippen LogP contribution is 2.31. The topological polar surface area (TPSA) is 23.8 Å². The Balaban J connectivity index is 2.57. The Morgan fingerprint density at radius 1 is 1.26 bits per heavy atom. The molecule has 0 amide bonds. The predicted molar refractivity (Wildman–Crippen MR) is 79.2 cm³/mol. The molecule has 0 saturated carbocycles. The maximum atomic E-state index is 9.01. The highest BCUT2D eigenvalue weighted by Gasteiger charge is 2.09. The molecular formula is C17H15ClN. The average Bonchev–Trinajstić information content (AvgIpc) is 2.42. The van der Waals surface area contributed by atoms with E-state index >= 15 is 0 Å². The smallest absolute Gasteiger partial charge is 0.0991 e. The summed E-state index contributed by atoms with van der Waals surface area (Å²) in [6, 6.07) is 15.0. The van der Waals surface area contributed by atoms with Gasteiger partial charge >= 0.3 is 0 Å². The van der Waals surface area contributed by atoms with Gasteiger partial charge in [-0.3, -0.25) is 0 Å². The highest BCUT2D eigenvalue weighted by atomic mass is 35.5. The normalized spacial score (nSPS) is 10.2. The Morgan fingerprint density at radius 3 is 2.74 bits per heavy atom. The molecule has 0 N–H and O–H groups in total. The van der Waals surface area contributed by atoms with Crippen LogP contribution in [0.5, 0.6) is 0 Å². The lowest BCUT2D eigenvalue weighted by Gasteiger charge is -2.10. The number of halogens is 1. The zero-order valence-corrected chi connectivity index (χ0v) is 11.9. The van der Waals surface area contributed by atoms with Gasteiger partial charge in [0.2, 0.25) is 0 Å². The van der Waals surface area contributed by atoms with Crippen molar-refractivity contribution in [3.63, 3.8) is 0 Å². The Kier molecular flexibility index (Phi) is 4.24. The van der Waals surface area contributed by atoms with Crippen molar-refractivity contribution >= 4 is 11.6 Å². The number of rotatable bonds is 3. The second kappa shape index (κ2) is 5.91. The van der Waals surface area contributed by atoms with Crippen molar-refractivity contribution in [1.82, 2.24) is 0 Å². The first-order valence-electron chi connectivity index (χ1n) is 6.37. The Bertz CT molecular complexity index is 638. The van der Waals surface area contributed by atoms with E-state index in [-0.39, 0.29) is 0 Å². The first-order valence-corrected chi connectivity index (χ1v) is 6.74. The minimum atomic E-state index is 0.625. The molecule has 2 heteroatoms. The number of hydrogen-bond acceptors (Lipinski definition) is 1. The van der Waals surface area contributed by atoms with Gasteiger partial charge in [-0.05, 0) is 54.3 Å². The molecule has 1 radical (unpaired) electrons. The van der Waals surface area contributed by atoms with Crippen LogP contribution in [0.4, 0.5) is 0 Å². The van der Waals surface area contributed by atoms with E-state index in [0.717, 1.165) is 29.5 Å². The second-order valence-electron chi connectivity index (χ2n) is 4.60. The molecule has 95 valence electrons. The second-order valence-corrected chi connectivity index (χ2v) is 5.01. The zero-order chi connectivity index (χ0) is 13.8. The van der Waals surface area contributed by atoms with E-state index in [1.165, 1.54) is 5.56 Å². The summed E-state index contributed by atoms with van der Waals surface area (Å²) in [7, 11) is 0. The summed E-state index contributed by atoms with van der Waals surface area (Å²) in [4.78, 5) is 0. The van der Waals surface area contributed by atoms with Crippen molar-refractivity contribution in [1.29, 1.82) is 5.26 Å². The number of nitriles is 1. The van der Waals surface area contributed by atoms with E-state index in [0.29, 0.717) is 10.6 Å². The van der Waals surface area contributed by atoms with Gasteiger partial charge in [-0.15, -0.1) is 0 Å². The molecule has 0 aliphatic carbocycles. The van der Waals surface area contributed by atoms with Gasteiger partial charge in [0.1, 0.15) is 0 Å². The summed E-state index contributed by atoms with van der Waals surface area (Å²) >= 11 is 6.27. The van der Waals surface area contributed by atoms with Crippen LogP contribution in [0.3, 0.4) is 0 Å². The van der Waals surface area contributed by atoms with Crippen LogP contribution in [0.2, 0.25) is 5.02 Å². The largest absolute Gasteiger partial charge is 0.192 e. The molecular weight excluding hydrogens is 254 g/mol. The SMILES string of the molecule is CCCc1c[c]c(C)c(-c2cc(C#N)ccc2Cl)c1. The third kappa shape index (κ3) is 2.97. The predicted octanol–water partition coefficient (Wildman–Crippen LogP) is 4.94. The van der Waals surface area contributed by atoms with Crippen molar-refractivity contribution in [2.75, 3.05) is 0 Å². The van der Waals surface area contributed by atoms with Crippen molar-refractivity contribution in [3.8, 4) is 17.2 Å². The molecule has 0 spiro atoms. The van der Waals surface area contributed by atoms with E-state index in [4.69, 9.17) is 16.9 Å². The van der Waals surface area contributed by atoms with E-state index in [2.05, 4.69) is 25.1 Å². The molecule has 2 aromatic carbocycles.